The summed E-state index contributed by atoms with van der Waals surface area (Å²) in [5.74, 6) is -0.113. The minimum absolute atomic E-state index is 0.0245. The SMILES string of the molecule is COCC(=O)CS(=O)c1ccc(C)cc1C. The maximum Gasteiger partial charge on any atom is 0.171 e. The van der Waals surface area contributed by atoms with Gasteiger partial charge in [-0.15, -0.1) is 0 Å². The van der Waals surface area contributed by atoms with Crippen LogP contribution in [0.3, 0.4) is 0 Å². The first-order valence-electron chi connectivity index (χ1n) is 5.01. The van der Waals surface area contributed by atoms with Crippen LogP contribution in [0.4, 0.5) is 0 Å². The lowest BCUT2D eigenvalue weighted by Gasteiger charge is -2.06. The number of carbonyl (C=O) groups is 1. The molecule has 0 aliphatic rings. The number of ketones is 1. The highest BCUT2D eigenvalue weighted by molar-refractivity contribution is 7.85. The summed E-state index contributed by atoms with van der Waals surface area (Å²) in [6.45, 7) is 3.91. The maximum absolute atomic E-state index is 11.9. The lowest BCUT2D eigenvalue weighted by Crippen LogP contribution is -2.16. The summed E-state index contributed by atoms with van der Waals surface area (Å²) in [6, 6.07) is 5.69. The van der Waals surface area contributed by atoms with Crippen molar-refractivity contribution in [1.82, 2.24) is 0 Å². The Kier molecular flexibility index (Phi) is 4.83. The molecule has 3 nitrogen and oxygen atoms in total. The number of hydrogen-bond acceptors (Lipinski definition) is 3. The number of methoxy groups -OCH3 is 1. The van der Waals surface area contributed by atoms with E-state index in [0.717, 1.165) is 16.0 Å². The van der Waals surface area contributed by atoms with E-state index < -0.39 is 10.8 Å². The number of ether oxygens (including phenoxy) is 1. The van der Waals surface area contributed by atoms with Gasteiger partial charge in [-0.3, -0.25) is 9.00 Å². The fourth-order valence-corrected chi connectivity index (χ4v) is 2.65. The van der Waals surface area contributed by atoms with Gasteiger partial charge in [0.15, 0.2) is 5.78 Å². The third-order valence-electron chi connectivity index (χ3n) is 2.17. The Morgan fingerprint density at radius 3 is 2.62 bits per heavy atom. The largest absolute Gasteiger partial charge is 0.377 e. The Labute approximate surface area is 98.3 Å². The third-order valence-corrected chi connectivity index (χ3v) is 3.71. The minimum atomic E-state index is -1.26. The third kappa shape index (κ3) is 3.54. The van der Waals surface area contributed by atoms with E-state index in [2.05, 4.69) is 0 Å². The molecule has 88 valence electrons. The first-order valence-corrected chi connectivity index (χ1v) is 6.32. The van der Waals surface area contributed by atoms with Gasteiger partial charge in [0.25, 0.3) is 0 Å². The summed E-state index contributed by atoms with van der Waals surface area (Å²) in [7, 11) is 0.192. The highest BCUT2D eigenvalue weighted by atomic mass is 32.2. The van der Waals surface area contributed by atoms with E-state index in [0.29, 0.717) is 0 Å². The summed E-state index contributed by atoms with van der Waals surface area (Å²) < 4.78 is 16.6. The zero-order valence-electron chi connectivity index (χ0n) is 9.78. The van der Waals surface area contributed by atoms with Crippen molar-refractivity contribution >= 4 is 16.6 Å². The van der Waals surface area contributed by atoms with Crippen LogP contribution in [0, 0.1) is 13.8 Å². The van der Waals surface area contributed by atoms with Crippen molar-refractivity contribution < 1.29 is 13.7 Å². The molecule has 1 aromatic carbocycles. The molecular weight excluding hydrogens is 224 g/mol. The molecule has 0 heterocycles. The highest BCUT2D eigenvalue weighted by Gasteiger charge is 2.12. The maximum atomic E-state index is 11.9. The Morgan fingerprint density at radius 1 is 1.38 bits per heavy atom. The Hall–Kier alpha value is -1.00. The van der Waals surface area contributed by atoms with Gasteiger partial charge in [0, 0.05) is 12.0 Å². The van der Waals surface area contributed by atoms with Crippen LogP contribution >= 0.6 is 0 Å². The standard InChI is InChI=1S/C12H16O3S/c1-9-4-5-12(10(2)6-9)16(14)8-11(13)7-15-3/h4-6H,7-8H2,1-3H3. The monoisotopic (exact) mass is 240 g/mol. The van der Waals surface area contributed by atoms with Gasteiger partial charge in [-0.2, -0.15) is 0 Å². The van der Waals surface area contributed by atoms with E-state index in [4.69, 9.17) is 4.74 Å². The van der Waals surface area contributed by atoms with E-state index in [1.54, 1.807) is 0 Å². The van der Waals surface area contributed by atoms with Gasteiger partial charge < -0.3 is 4.74 Å². The lowest BCUT2D eigenvalue weighted by molar-refractivity contribution is -0.120. The lowest BCUT2D eigenvalue weighted by atomic mass is 10.2. The highest BCUT2D eigenvalue weighted by Crippen LogP contribution is 2.14. The van der Waals surface area contributed by atoms with Gasteiger partial charge in [-0.25, -0.2) is 0 Å². The van der Waals surface area contributed by atoms with Crippen LogP contribution in [0.5, 0.6) is 0 Å². The summed E-state index contributed by atoms with van der Waals surface area (Å²) in [5.41, 5.74) is 2.09. The molecule has 0 radical (unpaired) electrons. The van der Waals surface area contributed by atoms with Gasteiger partial charge in [0.1, 0.15) is 6.61 Å². The zero-order chi connectivity index (χ0) is 12.1. The molecule has 0 aromatic heterocycles. The molecule has 0 saturated heterocycles. The Bertz CT molecular complexity index is 413. The van der Waals surface area contributed by atoms with Gasteiger partial charge in [0.05, 0.1) is 16.6 Å². The van der Waals surface area contributed by atoms with Gasteiger partial charge in [0.2, 0.25) is 0 Å². The normalized spacial score (nSPS) is 12.4. The van der Waals surface area contributed by atoms with Crippen LogP contribution < -0.4 is 0 Å². The second kappa shape index (κ2) is 5.92. The topological polar surface area (TPSA) is 43.4 Å². The fourth-order valence-electron chi connectivity index (χ4n) is 1.48. The smallest absolute Gasteiger partial charge is 0.171 e. The molecule has 0 saturated carbocycles. The van der Waals surface area contributed by atoms with Crippen LogP contribution in [0.15, 0.2) is 23.1 Å². The molecule has 1 atom stereocenters. The number of hydrogen-bond donors (Lipinski definition) is 0. The zero-order valence-corrected chi connectivity index (χ0v) is 10.6. The second-order valence-corrected chi connectivity index (χ2v) is 5.15. The Balaban J connectivity index is 2.77. The van der Waals surface area contributed by atoms with Crippen molar-refractivity contribution in [2.45, 2.75) is 18.7 Å². The van der Waals surface area contributed by atoms with E-state index in [9.17, 15) is 9.00 Å². The molecule has 0 spiro atoms. The average Bonchev–Trinajstić information content (AvgIpc) is 2.17. The summed E-state index contributed by atoms with van der Waals surface area (Å²) >= 11 is 0. The second-order valence-electron chi connectivity index (χ2n) is 3.73. The van der Waals surface area contributed by atoms with E-state index in [1.807, 2.05) is 32.0 Å². The van der Waals surface area contributed by atoms with E-state index in [-0.39, 0.29) is 18.1 Å². The van der Waals surface area contributed by atoms with Crippen molar-refractivity contribution in [3.8, 4) is 0 Å². The number of Topliss-reactive ketones (excluding diaryl/α,β-unsaturated/α-hetero) is 1. The molecular formula is C12H16O3S. The van der Waals surface area contributed by atoms with Crippen LogP contribution in [-0.2, 0) is 20.3 Å². The van der Waals surface area contributed by atoms with Crippen molar-refractivity contribution in [1.29, 1.82) is 0 Å². The van der Waals surface area contributed by atoms with E-state index >= 15 is 0 Å². The first-order chi connectivity index (χ1) is 7.54. The van der Waals surface area contributed by atoms with Crippen LogP contribution in [0.2, 0.25) is 0 Å². The van der Waals surface area contributed by atoms with Crippen LogP contribution in [0.1, 0.15) is 11.1 Å². The molecule has 1 unspecified atom stereocenters. The van der Waals surface area contributed by atoms with Gasteiger partial charge in [-0.1, -0.05) is 17.7 Å². The summed E-state index contributed by atoms with van der Waals surface area (Å²) in [5, 5.41) is 0. The number of benzene rings is 1. The number of aryl methyl sites for hydroxylation is 2. The molecule has 1 rings (SSSR count). The molecule has 0 fully saturated rings. The molecule has 0 amide bonds. The number of rotatable bonds is 5. The van der Waals surface area contributed by atoms with Crippen LogP contribution in [0.25, 0.3) is 0 Å². The van der Waals surface area contributed by atoms with Crippen molar-refractivity contribution in [2.24, 2.45) is 0 Å². The van der Waals surface area contributed by atoms with Crippen molar-refractivity contribution in [3.05, 3.63) is 29.3 Å². The molecule has 1 aromatic rings. The molecule has 0 aliphatic carbocycles. The average molecular weight is 240 g/mol. The molecule has 0 N–H and O–H groups in total. The molecule has 16 heavy (non-hydrogen) atoms. The summed E-state index contributed by atoms with van der Waals surface area (Å²) in [4.78, 5) is 12.0. The predicted molar refractivity (Wildman–Crippen MR) is 64.1 cm³/mol. The predicted octanol–water partition coefficient (Wildman–Crippen LogP) is 1.63. The first kappa shape index (κ1) is 13.1. The Morgan fingerprint density at radius 2 is 2.06 bits per heavy atom. The van der Waals surface area contributed by atoms with Gasteiger partial charge >= 0.3 is 0 Å². The van der Waals surface area contributed by atoms with E-state index in [1.165, 1.54) is 7.11 Å². The molecule has 0 aliphatic heterocycles. The van der Waals surface area contributed by atoms with Crippen molar-refractivity contribution in [2.75, 3.05) is 19.5 Å². The quantitative estimate of drug-likeness (QED) is 0.785. The molecule has 4 heteroatoms. The molecule has 0 bridgehead atoms. The van der Waals surface area contributed by atoms with Crippen LogP contribution in [-0.4, -0.2) is 29.5 Å². The minimum Gasteiger partial charge on any atom is -0.377 e. The number of carbonyl (C=O) groups excluding carboxylic acids is 1. The van der Waals surface area contributed by atoms with Gasteiger partial charge in [-0.05, 0) is 25.5 Å². The fraction of sp³-hybridized carbons (Fsp3) is 0.417. The van der Waals surface area contributed by atoms with Crippen molar-refractivity contribution in [3.63, 3.8) is 0 Å². The summed E-state index contributed by atoms with van der Waals surface area (Å²) in [6.07, 6.45) is 0.